The number of hydrogen-bond donors (Lipinski definition) is 0. The Balaban J connectivity index is 3.05. The quantitative estimate of drug-likeness (QED) is 0.704. The molecule has 0 saturated carbocycles. The summed E-state index contributed by atoms with van der Waals surface area (Å²) < 4.78 is 17.1. The van der Waals surface area contributed by atoms with E-state index in [1.165, 1.54) is 6.07 Å². The van der Waals surface area contributed by atoms with E-state index in [1.54, 1.807) is 6.07 Å². The summed E-state index contributed by atoms with van der Waals surface area (Å²) in [7, 11) is -0.0622. The van der Waals surface area contributed by atoms with Gasteiger partial charge in [-0.25, -0.2) is 13.7 Å². The number of rotatable bonds is 1. The van der Waals surface area contributed by atoms with Gasteiger partial charge in [0, 0.05) is 0 Å². The monoisotopic (exact) mass is 250 g/mol. The lowest BCUT2D eigenvalue weighted by Gasteiger charge is -1.96. The zero-order valence-corrected chi connectivity index (χ0v) is 9.12. The Morgan fingerprint density at radius 3 is 2.67 bits per heavy atom. The van der Waals surface area contributed by atoms with E-state index in [9.17, 15) is 4.39 Å². The lowest BCUT2D eigenvalue weighted by atomic mass is 10.5. The van der Waals surface area contributed by atoms with E-state index in [0.29, 0.717) is 5.82 Å². The van der Waals surface area contributed by atoms with Gasteiger partial charge in [0.2, 0.25) is 0 Å². The minimum Gasteiger partial charge on any atom is -0.218 e. The molecule has 2 nitrogen and oxygen atoms in total. The van der Waals surface area contributed by atoms with Crippen LogP contribution in [0.25, 0.3) is 0 Å². The smallest absolute Gasteiger partial charge is 0.160 e. The van der Waals surface area contributed by atoms with Crippen LogP contribution in [0.5, 0.6) is 0 Å². The molecule has 66 valence electrons. The molecule has 1 rings (SSSR count). The molecule has 0 fully saturated rings. The summed E-state index contributed by atoms with van der Waals surface area (Å²) in [6.45, 7) is 0. The van der Waals surface area contributed by atoms with E-state index in [2.05, 4.69) is 25.3 Å². The molecule has 0 amide bonds. The first-order valence-electron chi connectivity index (χ1n) is 3.21. The predicted octanol–water partition coefficient (Wildman–Crippen LogP) is 2.68. The Bertz CT molecular complexity index is 323. The van der Waals surface area contributed by atoms with Gasteiger partial charge < -0.3 is 0 Å². The van der Waals surface area contributed by atoms with Crippen molar-refractivity contribution < 1.29 is 4.39 Å². The van der Waals surface area contributed by atoms with Crippen LogP contribution in [0.15, 0.2) is 21.1 Å². The summed E-state index contributed by atoms with van der Waals surface area (Å²) >= 11 is 2.99. The third kappa shape index (κ3) is 2.64. The fraction of sp³-hybridized carbons (Fsp3) is 0.286. The van der Waals surface area contributed by atoms with Gasteiger partial charge in [-0.3, -0.25) is 0 Å². The van der Waals surface area contributed by atoms with Crippen molar-refractivity contribution in [1.29, 1.82) is 0 Å². The molecule has 0 spiro atoms. The fourth-order valence-electron chi connectivity index (χ4n) is 0.646. The first-order valence-corrected chi connectivity index (χ1v) is 6.00. The van der Waals surface area contributed by atoms with Crippen molar-refractivity contribution in [2.45, 2.75) is 0 Å². The lowest BCUT2D eigenvalue weighted by Crippen LogP contribution is -1.84. The van der Waals surface area contributed by atoms with Crippen LogP contribution in [0, 0.1) is 5.82 Å². The van der Waals surface area contributed by atoms with Crippen LogP contribution < -0.4 is 0 Å². The van der Waals surface area contributed by atoms with E-state index >= 15 is 0 Å². The van der Waals surface area contributed by atoms with Crippen LogP contribution in [0.4, 0.5) is 10.2 Å². The van der Waals surface area contributed by atoms with Crippen molar-refractivity contribution in [3.63, 3.8) is 0 Å². The summed E-state index contributed by atoms with van der Waals surface area (Å²) in [5.41, 5.74) is 0. The van der Waals surface area contributed by atoms with Crippen molar-refractivity contribution in [2.75, 3.05) is 12.5 Å². The van der Waals surface area contributed by atoms with Gasteiger partial charge >= 0.3 is 0 Å². The minimum atomic E-state index is -0.360. The molecule has 0 aliphatic carbocycles. The van der Waals surface area contributed by atoms with E-state index in [1.807, 2.05) is 12.5 Å². The molecule has 1 heterocycles. The second kappa shape index (κ2) is 4.09. The normalized spacial score (nSPS) is 10.4. The number of pyridine rings is 1. The molecular weight excluding hydrogens is 243 g/mol. The number of halogens is 2. The van der Waals surface area contributed by atoms with Gasteiger partial charge in [0.1, 0.15) is 4.60 Å². The molecule has 0 bridgehead atoms. The van der Waals surface area contributed by atoms with Crippen LogP contribution >= 0.6 is 15.9 Å². The second-order valence-electron chi connectivity index (χ2n) is 2.31. The number of hydrogen-bond acceptors (Lipinski definition) is 2. The van der Waals surface area contributed by atoms with Crippen LogP contribution in [0.1, 0.15) is 0 Å². The molecule has 0 atom stereocenters. The zero-order valence-electron chi connectivity index (χ0n) is 6.71. The first-order chi connectivity index (χ1) is 5.59. The molecule has 0 unspecified atom stereocenters. The summed E-state index contributed by atoms with van der Waals surface area (Å²) in [6, 6.07) is 2.91. The number of nitrogens with zero attached hydrogens (tertiary/aromatic N) is 2. The molecule has 0 N–H and O–H groups in total. The van der Waals surface area contributed by atoms with Crippen molar-refractivity contribution >= 4 is 32.4 Å². The van der Waals surface area contributed by atoms with Crippen molar-refractivity contribution in [2.24, 2.45) is 4.36 Å². The van der Waals surface area contributed by atoms with E-state index < -0.39 is 0 Å². The molecule has 0 aliphatic heterocycles. The Kier molecular flexibility index (Phi) is 3.34. The highest BCUT2D eigenvalue weighted by molar-refractivity contribution is 9.10. The standard InChI is InChI=1S/C7H8BrFN2S/c1-12(2)11-6-4-3-5(9)7(8)10-6/h3-4H,1-2H3. The summed E-state index contributed by atoms with van der Waals surface area (Å²) in [5, 5.41) is 0. The Hall–Kier alpha value is -0.290. The van der Waals surface area contributed by atoms with Gasteiger partial charge in [0.15, 0.2) is 11.6 Å². The highest BCUT2D eigenvalue weighted by Crippen LogP contribution is 2.17. The highest BCUT2D eigenvalue weighted by atomic mass is 79.9. The molecule has 1 aromatic heterocycles. The van der Waals surface area contributed by atoms with Gasteiger partial charge in [0.25, 0.3) is 0 Å². The molecule has 5 heteroatoms. The van der Waals surface area contributed by atoms with Gasteiger partial charge in [-0.1, -0.05) is 10.7 Å². The molecule has 0 aromatic carbocycles. The third-order valence-electron chi connectivity index (χ3n) is 1.06. The molecule has 12 heavy (non-hydrogen) atoms. The van der Waals surface area contributed by atoms with Gasteiger partial charge in [-0.15, -0.1) is 0 Å². The topological polar surface area (TPSA) is 25.2 Å². The van der Waals surface area contributed by atoms with Crippen LogP contribution in [0.2, 0.25) is 0 Å². The van der Waals surface area contributed by atoms with E-state index in [4.69, 9.17) is 0 Å². The Morgan fingerprint density at radius 1 is 1.50 bits per heavy atom. The summed E-state index contributed by atoms with van der Waals surface area (Å²) in [4.78, 5) is 3.89. The minimum absolute atomic E-state index is 0.0622. The van der Waals surface area contributed by atoms with Crippen molar-refractivity contribution in [3.05, 3.63) is 22.6 Å². The summed E-state index contributed by atoms with van der Waals surface area (Å²) in [6.07, 6.45) is 3.94. The van der Waals surface area contributed by atoms with E-state index in [-0.39, 0.29) is 21.1 Å². The van der Waals surface area contributed by atoms with Crippen molar-refractivity contribution in [3.8, 4) is 0 Å². The maximum Gasteiger partial charge on any atom is 0.160 e. The lowest BCUT2D eigenvalue weighted by molar-refractivity contribution is 0.613. The van der Waals surface area contributed by atoms with Crippen molar-refractivity contribution in [1.82, 2.24) is 4.98 Å². The highest BCUT2D eigenvalue weighted by Gasteiger charge is 2.00. The van der Waals surface area contributed by atoms with Gasteiger partial charge in [0.05, 0.1) is 0 Å². The predicted molar refractivity (Wildman–Crippen MR) is 53.2 cm³/mol. The molecular formula is C7H8BrFN2S. The molecule has 0 aliphatic rings. The van der Waals surface area contributed by atoms with Crippen LogP contribution in [-0.4, -0.2) is 17.5 Å². The van der Waals surface area contributed by atoms with Gasteiger partial charge in [-0.2, -0.15) is 0 Å². The largest absolute Gasteiger partial charge is 0.218 e. The zero-order chi connectivity index (χ0) is 9.14. The van der Waals surface area contributed by atoms with Gasteiger partial charge in [-0.05, 0) is 40.6 Å². The summed E-state index contributed by atoms with van der Waals surface area (Å²) in [5.74, 6) is 0.206. The van der Waals surface area contributed by atoms with Crippen LogP contribution in [-0.2, 0) is 10.7 Å². The maximum atomic E-state index is 12.7. The molecule has 0 saturated heterocycles. The first kappa shape index (κ1) is 9.80. The average Bonchev–Trinajstić information content (AvgIpc) is 1.96. The van der Waals surface area contributed by atoms with Crippen LogP contribution in [0.3, 0.4) is 0 Å². The molecule has 0 radical (unpaired) electrons. The SMILES string of the molecule is CS(C)=Nc1ccc(F)c(Br)n1. The maximum absolute atomic E-state index is 12.7. The second-order valence-corrected chi connectivity index (χ2v) is 4.79. The van der Waals surface area contributed by atoms with E-state index in [0.717, 1.165) is 0 Å². The molecule has 1 aromatic rings. The fourth-order valence-corrected chi connectivity index (χ4v) is 1.44. The average molecular weight is 251 g/mol. The third-order valence-corrected chi connectivity index (χ3v) is 2.17. The Labute approximate surface area is 81.4 Å². The Morgan fingerprint density at radius 2 is 2.17 bits per heavy atom. The number of aromatic nitrogens is 1.